The lowest BCUT2D eigenvalue weighted by Gasteiger charge is -2.42. The molecular formula is C26H35N3O2. The van der Waals surface area contributed by atoms with Gasteiger partial charge in [-0.1, -0.05) is 45.9 Å². The van der Waals surface area contributed by atoms with Gasteiger partial charge in [0.05, 0.1) is 12.1 Å². The number of carboxylic acids is 1. The Morgan fingerprint density at radius 2 is 1.65 bits per heavy atom. The molecule has 5 nitrogen and oxygen atoms in total. The highest BCUT2D eigenvalue weighted by Gasteiger charge is 2.37. The number of hydrogen-bond donors (Lipinski definition) is 1. The third kappa shape index (κ3) is 4.62. The summed E-state index contributed by atoms with van der Waals surface area (Å²) in [6.07, 6.45) is 2.63. The Labute approximate surface area is 186 Å². The summed E-state index contributed by atoms with van der Waals surface area (Å²) in [7, 11) is 0. The highest BCUT2D eigenvalue weighted by atomic mass is 16.4. The van der Waals surface area contributed by atoms with E-state index < -0.39 is 5.97 Å². The maximum Gasteiger partial charge on any atom is 0.304 e. The molecule has 0 unspecified atom stereocenters. The topological polar surface area (TPSA) is 56.7 Å². The van der Waals surface area contributed by atoms with Crippen molar-refractivity contribution in [1.29, 1.82) is 0 Å². The molecule has 5 heteroatoms. The van der Waals surface area contributed by atoms with Gasteiger partial charge in [0.1, 0.15) is 5.82 Å². The average molecular weight is 422 g/mol. The van der Waals surface area contributed by atoms with E-state index in [0.717, 1.165) is 37.7 Å². The van der Waals surface area contributed by atoms with Crippen LogP contribution < -0.4 is 4.90 Å². The van der Waals surface area contributed by atoms with Crippen molar-refractivity contribution < 1.29 is 9.90 Å². The molecule has 0 amide bonds. The van der Waals surface area contributed by atoms with Crippen LogP contribution in [0.2, 0.25) is 0 Å². The van der Waals surface area contributed by atoms with Crippen LogP contribution in [0, 0.1) is 0 Å². The van der Waals surface area contributed by atoms with Crippen LogP contribution in [0.4, 0.5) is 5.82 Å². The molecule has 1 N–H and O–H groups in total. The molecule has 1 aromatic carbocycles. The van der Waals surface area contributed by atoms with Gasteiger partial charge in [-0.25, -0.2) is 4.98 Å². The van der Waals surface area contributed by atoms with Crippen molar-refractivity contribution in [1.82, 2.24) is 9.88 Å². The van der Waals surface area contributed by atoms with Crippen molar-refractivity contribution >= 4 is 11.8 Å². The molecule has 0 atom stereocenters. The van der Waals surface area contributed by atoms with Gasteiger partial charge in [0.2, 0.25) is 0 Å². The van der Waals surface area contributed by atoms with Crippen molar-refractivity contribution in [3.8, 4) is 11.3 Å². The molecule has 0 bridgehead atoms. The highest BCUT2D eigenvalue weighted by molar-refractivity contribution is 5.67. The number of carboxylic acid groups (broad SMARTS) is 1. The van der Waals surface area contributed by atoms with E-state index >= 15 is 0 Å². The third-order valence-electron chi connectivity index (χ3n) is 7.22. The second kappa shape index (κ2) is 8.27. The number of piperazine rings is 1. The molecule has 2 heterocycles. The predicted octanol–water partition coefficient (Wildman–Crippen LogP) is 4.69. The summed E-state index contributed by atoms with van der Waals surface area (Å²) in [5.74, 6) is 0.279. The molecule has 0 radical (unpaired) electrons. The quantitative estimate of drug-likeness (QED) is 0.759. The molecule has 0 spiro atoms. The van der Waals surface area contributed by atoms with Gasteiger partial charge in [-0.3, -0.25) is 9.69 Å². The number of pyridine rings is 1. The van der Waals surface area contributed by atoms with Crippen LogP contribution in [-0.2, 0) is 15.6 Å². The lowest BCUT2D eigenvalue weighted by Crippen LogP contribution is -2.47. The molecule has 1 saturated heterocycles. The number of anilines is 1. The first-order valence-electron chi connectivity index (χ1n) is 11.5. The fourth-order valence-corrected chi connectivity index (χ4v) is 4.96. The van der Waals surface area contributed by atoms with Gasteiger partial charge in [0.15, 0.2) is 0 Å². The largest absolute Gasteiger partial charge is 0.481 e. The molecule has 31 heavy (non-hydrogen) atoms. The predicted molar refractivity (Wildman–Crippen MR) is 126 cm³/mol. The van der Waals surface area contributed by atoms with Crippen LogP contribution in [0.5, 0.6) is 0 Å². The fraction of sp³-hybridized carbons (Fsp3) is 0.538. The minimum atomic E-state index is -0.728. The van der Waals surface area contributed by atoms with Crippen molar-refractivity contribution in [2.45, 2.75) is 57.8 Å². The number of carbonyl (C=O) groups is 1. The number of hydrogen-bond acceptors (Lipinski definition) is 4. The first kappa shape index (κ1) is 21.8. The van der Waals surface area contributed by atoms with Crippen molar-refractivity contribution in [3.63, 3.8) is 0 Å². The molecule has 166 valence electrons. The summed E-state index contributed by atoms with van der Waals surface area (Å²) in [6, 6.07) is 13.2. The maximum absolute atomic E-state index is 10.8. The van der Waals surface area contributed by atoms with E-state index in [4.69, 9.17) is 10.1 Å². The average Bonchev–Trinajstić information content (AvgIpc) is 2.76. The maximum atomic E-state index is 10.8. The van der Waals surface area contributed by atoms with Crippen LogP contribution in [-0.4, -0.2) is 53.7 Å². The number of benzene rings is 1. The van der Waals surface area contributed by atoms with Crippen LogP contribution in [0.1, 0.15) is 58.1 Å². The van der Waals surface area contributed by atoms with E-state index in [-0.39, 0.29) is 17.3 Å². The lowest BCUT2D eigenvalue weighted by molar-refractivity contribution is -0.137. The number of nitrogens with zero attached hydrogens (tertiary/aromatic N) is 3. The van der Waals surface area contributed by atoms with Gasteiger partial charge >= 0.3 is 5.97 Å². The summed E-state index contributed by atoms with van der Waals surface area (Å²) in [5.41, 5.74) is 5.55. The van der Waals surface area contributed by atoms with Crippen molar-refractivity contribution in [2.75, 3.05) is 37.6 Å². The minimum Gasteiger partial charge on any atom is -0.481 e. The number of fused-ring (bicyclic) bond motifs is 1. The molecule has 4 rings (SSSR count). The van der Waals surface area contributed by atoms with Gasteiger partial charge in [0.25, 0.3) is 0 Å². The molecule has 1 fully saturated rings. The number of aliphatic carboxylic acids is 1. The Morgan fingerprint density at radius 3 is 2.32 bits per heavy atom. The van der Waals surface area contributed by atoms with Gasteiger partial charge in [-0.2, -0.15) is 0 Å². The first-order chi connectivity index (χ1) is 14.7. The molecule has 2 aromatic rings. The highest BCUT2D eigenvalue weighted by Crippen LogP contribution is 2.46. The zero-order chi connectivity index (χ0) is 22.2. The smallest absolute Gasteiger partial charge is 0.304 e. The number of aromatic nitrogens is 1. The van der Waals surface area contributed by atoms with Gasteiger partial charge in [0, 0.05) is 38.3 Å². The Bertz CT molecular complexity index is 959. The zero-order valence-corrected chi connectivity index (χ0v) is 19.3. The van der Waals surface area contributed by atoms with E-state index in [0.29, 0.717) is 6.54 Å². The molecule has 2 aliphatic rings. The van der Waals surface area contributed by atoms with Crippen LogP contribution in [0.15, 0.2) is 36.4 Å². The SMILES string of the molecule is CC1(C)CCC(C)(C)c2cc(-c3cccc(N4CCN(CCC(=O)O)CC4)n3)ccc21. The third-order valence-corrected chi connectivity index (χ3v) is 7.22. The summed E-state index contributed by atoms with van der Waals surface area (Å²) in [5, 5.41) is 8.90. The summed E-state index contributed by atoms with van der Waals surface area (Å²) >= 11 is 0. The number of rotatable bonds is 5. The van der Waals surface area contributed by atoms with Crippen molar-refractivity contribution in [2.24, 2.45) is 0 Å². The zero-order valence-electron chi connectivity index (χ0n) is 19.3. The van der Waals surface area contributed by atoms with E-state index in [1.165, 1.54) is 29.5 Å². The molecular weight excluding hydrogens is 386 g/mol. The van der Waals surface area contributed by atoms with E-state index in [1.807, 2.05) is 0 Å². The monoisotopic (exact) mass is 421 g/mol. The Balaban J connectivity index is 1.54. The van der Waals surface area contributed by atoms with Crippen molar-refractivity contribution in [3.05, 3.63) is 47.5 Å². The van der Waals surface area contributed by atoms with E-state index in [2.05, 4.69) is 73.9 Å². The van der Waals surface area contributed by atoms with Crippen LogP contribution >= 0.6 is 0 Å². The second-order valence-corrected chi connectivity index (χ2v) is 10.4. The van der Waals surface area contributed by atoms with Gasteiger partial charge in [-0.05, 0) is 53.0 Å². The van der Waals surface area contributed by atoms with E-state index in [1.54, 1.807) is 0 Å². The summed E-state index contributed by atoms with van der Waals surface area (Å²) in [6.45, 7) is 13.6. The Kier molecular flexibility index (Phi) is 5.82. The van der Waals surface area contributed by atoms with E-state index in [9.17, 15) is 4.79 Å². The fourth-order valence-electron chi connectivity index (χ4n) is 4.96. The first-order valence-corrected chi connectivity index (χ1v) is 11.5. The molecule has 1 aliphatic carbocycles. The standard InChI is InChI=1S/C26H35N3O2/c1-25(2)11-12-26(3,4)21-18-19(8-9-20(21)25)22-6-5-7-23(27-22)29-16-14-28(15-17-29)13-10-24(30)31/h5-9,18H,10-17H2,1-4H3,(H,30,31). The molecule has 1 aliphatic heterocycles. The second-order valence-electron chi connectivity index (χ2n) is 10.4. The minimum absolute atomic E-state index is 0.185. The lowest BCUT2D eigenvalue weighted by atomic mass is 9.63. The van der Waals surface area contributed by atoms with Crippen LogP contribution in [0.25, 0.3) is 11.3 Å². The van der Waals surface area contributed by atoms with Crippen LogP contribution in [0.3, 0.4) is 0 Å². The Hall–Kier alpha value is -2.40. The normalized spacial score (nSPS) is 20.3. The Morgan fingerprint density at radius 1 is 0.968 bits per heavy atom. The molecule has 0 saturated carbocycles. The van der Waals surface area contributed by atoms with Gasteiger partial charge < -0.3 is 10.0 Å². The van der Waals surface area contributed by atoms with Gasteiger partial charge in [-0.15, -0.1) is 0 Å². The summed E-state index contributed by atoms with van der Waals surface area (Å²) in [4.78, 5) is 20.4. The molecule has 1 aromatic heterocycles. The summed E-state index contributed by atoms with van der Waals surface area (Å²) < 4.78 is 0.